The van der Waals surface area contributed by atoms with Crippen LogP contribution in [0.15, 0.2) is 22.7 Å². The molecule has 0 amide bonds. The minimum absolute atomic E-state index is 0.141. The molecule has 0 atom stereocenters. The average molecular weight is 313 g/mol. The smallest absolute Gasteiger partial charge is 0.140 e. The second-order valence-corrected chi connectivity index (χ2v) is 5.40. The standard InChI is InChI=1S/C14H17BrO3/c1-17-14-3-2-12(15)8-11(14)9-13(16)10-4-6-18-7-5-10/h2-3,8,10H,4-7,9H2,1H3. The summed E-state index contributed by atoms with van der Waals surface area (Å²) in [6, 6.07) is 5.76. The Balaban J connectivity index is 2.07. The Morgan fingerprint density at radius 3 is 2.83 bits per heavy atom. The van der Waals surface area contributed by atoms with E-state index in [9.17, 15) is 4.79 Å². The zero-order chi connectivity index (χ0) is 13.0. The quantitative estimate of drug-likeness (QED) is 0.857. The van der Waals surface area contributed by atoms with E-state index in [2.05, 4.69) is 15.9 Å². The van der Waals surface area contributed by atoms with Gasteiger partial charge in [0.15, 0.2) is 0 Å². The summed E-state index contributed by atoms with van der Waals surface area (Å²) in [5.74, 6) is 1.20. The average Bonchev–Trinajstić information content (AvgIpc) is 2.40. The van der Waals surface area contributed by atoms with Crippen LogP contribution in [0.2, 0.25) is 0 Å². The molecule has 0 radical (unpaired) electrons. The van der Waals surface area contributed by atoms with Gasteiger partial charge in [-0.3, -0.25) is 4.79 Å². The lowest BCUT2D eigenvalue weighted by Crippen LogP contribution is -2.24. The molecule has 1 saturated heterocycles. The Labute approximate surface area is 116 Å². The molecule has 2 rings (SSSR count). The number of carbonyl (C=O) groups excluding carboxylic acids is 1. The van der Waals surface area contributed by atoms with Crippen molar-refractivity contribution in [1.82, 2.24) is 0 Å². The molecule has 1 fully saturated rings. The number of Topliss-reactive ketones (excluding diaryl/α,β-unsaturated/α-hetero) is 1. The lowest BCUT2D eigenvalue weighted by Gasteiger charge is -2.21. The molecule has 0 aliphatic carbocycles. The summed E-state index contributed by atoms with van der Waals surface area (Å²) in [5.41, 5.74) is 0.948. The monoisotopic (exact) mass is 312 g/mol. The van der Waals surface area contributed by atoms with Gasteiger partial charge in [-0.2, -0.15) is 0 Å². The largest absolute Gasteiger partial charge is 0.496 e. The molecule has 1 aromatic rings. The van der Waals surface area contributed by atoms with Crippen LogP contribution in [0.1, 0.15) is 18.4 Å². The molecule has 0 aromatic heterocycles. The molecule has 98 valence electrons. The van der Waals surface area contributed by atoms with Crippen LogP contribution in [0, 0.1) is 5.92 Å². The van der Waals surface area contributed by atoms with Gasteiger partial charge in [0.2, 0.25) is 0 Å². The lowest BCUT2D eigenvalue weighted by atomic mass is 9.91. The van der Waals surface area contributed by atoms with Crippen molar-refractivity contribution in [3.05, 3.63) is 28.2 Å². The van der Waals surface area contributed by atoms with Gasteiger partial charge in [0.05, 0.1) is 7.11 Å². The predicted octanol–water partition coefficient (Wildman–Crippen LogP) is 3.00. The maximum Gasteiger partial charge on any atom is 0.140 e. The molecule has 1 aliphatic rings. The second kappa shape index (κ2) is 6.34. The van der Waals surface area contributed by atoms with Crippen LogP contribution >= 0.6 is 15.9 Å². The van der Waals surface area contributed by atoms with Gasteiger partial charge in [0, 0.05) is 35.6 Å². The van der Waals surface area contributed by atoms with Gasteiger partial charge in [0.1, 0.15) is 11.5 Å². The zero-order valence-electron chi connectivity index (χ0n) is 10.4. The van der Waals surface area contributed by atoms with Crippen molar-refractivity contribution in [1.29, 1.82) is 0 Å². The van der Waals surface area contributed by atoms with E-state index in [0.29, 0.717) is 19.6 Å². The van der Waals surface area contributed by atoms with Gasteiger partial charge in [-0.1, -0.05) is 15.9 Å². The normalized spacial score (nSPS) is 16.6. The number of carbonyl (C=O) groups is 1. The van der Waals surface area contributed by atoms with Gasteiger partial charge in [-0.05, 0) is 31.0 Å². The number of methoxy groups -OCH3 is 1. The maximum absolute atomic E-state index is 12.2. The first-order valence-corrected chi connectivity index (χ1v) is 6.93. The van der Waals surface area contributed by atoms with E-state index in [1.165, 1.54) is 0 Å². The molecule has 1 aliphatic heterocycles. The summed E-state index contributed by atoms with van der Waals surface area (Å²) in [7, 11) is 1.63. The Morgan fingerprint density at radius 2 is 2.17 bits per heavy atom. The summed E-state index contributed by atoms with van der Waals surface area (Å²) in [6.07, 6.45) is 2.12. The van der Waals surface area contributed by atoms with E-state index in [1.807, 2.05) is 18.2 Å². The maximum atomic E-state index is 12.2. The van der Waals surface area contributed by atoms with Crippen LogP contribution in [-0.4, -0.2) is 26.1 Å². The first kappa shape index (κ1) is 13.6. The Morgan fingerprint density at radius 1 is 1.44 bits per heavy atom. The fraction of sp³-hybridized carbons (Fsp3) is 0.500. The summed E-state index contributed by atoms with van der Waals surface area (Å²) < 4.78 is 11.5. The fourth-order valence-electron chi connectivity index (χ4n) is 2.24. The van der Waals surface area contributed by atoms with E-state index in [-0.39, 0.29) is 11.7 Å². The molecule has 4 heteroatoms. The number of benzene rings is 1. The number of halogens is 1. The van der Waals surface area contributed by atoms with Gasteiger partial charge >= 0.3 is 0 Å². The summed E-state index contributed by atoms with van der Waals surface area (Å²) in [4.78, 5) is 12.2. The minimum atomic E-state index is 0.141. The summed E-state index contributed by atoms with van der Waals surface area (Å²) in [5, 5.41) is 0. The summed E-state index contributed by atoms with van der Waals surface area (Å²) >= 11 is 3.42. The van der Waals surface area contributed by atoms with Crippen LogP contribution in [0.5, 0.6) is 5.75 Å². The number of ketones is 1. The van der Waals surface area contributed by atoms with Crippen molar-refractivity contribution in [2.75, 3.05) is 20.3 Å². The molecule has 0 bridgehead atoms. The molecule has 0 saturated carbocycles. The molecule has 0 unspecified atom stereocenters. The van der Waals surface area contributed by atoms with Crippen molar-refractivity contribution < 1.29 is 14.3 Å². The molecule has 0 N–H and O–H groups in total. The summed E-state index contributed by atoms with van der Waals surface area (Å²) in [6.45, 7) is 1.40. The Bertz CT molecular complexity index is 425. The molecule has 3 nitrogen and oxygen atoms in total. The zero-order valence-corrected chi connectivity index (χ0v) is 12.0. The number of rotatable bonds is 4. The van der Waals surface area contributed by atoms with E-state index in [1.54, 1.807) is 7.11 Å². The molecule has 1 aromatic carbocycles. The first-order valence-electron chi connectivity index (χ1n) is 6.13. The highest BCUT2D eigenvalue weighted by Gasteiger charge is 2.22. The van der Waals surface area contributed by atoms with Gasteiger partial charge in [-0.15, -0.1) is 0 Å². The molecule has 1 heterocycles. The van der Waals surface area contributed by atoms with Gasteiger partial charge < -0.3 is 9.47 Å². The van der Waals surface area contributed by atoms with Gasteiger partial charge in [0.25, 0.3) is 0 Å². The lowest BCUT2D eigenvalue weighted by molar-refractivity contribution is -0.125. The highest BCUT2D eigenvalue weighted by molar-refractivity contribution is 9.10. The third-order valence-electron chi connectivity index (χ3n) is 3.28. The van der Waals surface area contributed by atoms with E-state index < -0.39 is 0 Å². The molecule has 18 heavy (non-hydrogen) atoms. The molecular formula is C14H17BrO3. The SMILES string of the molecule is COc1ccc(Br)cc1CC(=O)C1CCOCC1. The Hall–Kier alpha value is -0.870. The van der Waals surface area contributed by atoms with Crippen molar-refractivity contribution in [2.45, 2.75) is 19.3 Å². The van der Waals surface area contributed by atoms with E-state index in [4.69, 9.17) is 9.47 Å². The van der Waals surface area contributed by atoms with Gasteiger partial charge in [-0.25, -0.2) is 0 Å². The third-order valence-corrected chi connectivity index (χ3v) is 3.78. The van der Waals surface area contributed by atoms with Crippen LogP contribution < -0.4 is 4.74 Å². The number of hydrogen-bond acceptors (Lipinski definition) is 3. The van der Waals surface area contributed by atoms with Crippen LogP contribution in [0.25, 0.3) is 0 Å². The fourth-order valence-corrected chi connectivity index (χ4v) is 2.65. The minimum Gasteiger partial charge on any atom is -0.496 e. The van der Waals surface area contributed by atoms with E-state index in [0.717, 1.165) is 28.6 Å². The van der Waals surface area contributed by atoms with Crippen molar-refractivity contribution in [3.8, 4) is 5.75 Å². The molecule has 0 spiro atoms. The molecular weight excluding hydrogens is 296 g/mol. The van der Waals surface area contributed by atoms with Crippen LogP contribution in [-0.2, 0) is 16.0 Å². The third kappa shape index (κ3) is 3.33. The highest BCUT2D eigenvalue weighted by atomic mass is 79.9. The topological polar surface area (TPSA) is 35.5 Å². The van der Waals surface area contributed by atoms with E-state index >= 15 is 0 Å². The number of hydrogen-bond donors (Lipinski definition) is 0. The number of ether oxygens (including phenoxy) is 2. The second-order valence-electron chi connectivity index (χ2n) is 4.49. The van der Waals surface area contributed by atoms with Crippen molar-refractivity contribution in [2.24, 2.45) is 5.92 Å². The van der Waals surface area contributed by atoms with Crippen LogP contribution in [0.4, 0.5) is 0 Å². The highest BCUT2D eigenvalue weighted by Crippen LogP contribution is 2.26. The van der Waals surface area contributed by atoms with Crippen LogP contribution in [0.3, 0.4) is 0 Å². The Kier molecular flexibility index (Phi) is 4.78. The predicted molar refractivity (Wildman–Crippen MR) is 72.9 cm³/mol. The first-order chi connectivity index (χ1) is 8.70. The van der Waals surface area contributed by atoms with Crippen molar-refractivity contribution >= 4 is 21.7 Å². The van der Waals surface area contributed by atoms with Crippen molar-refractivity contribution in [3.63, 3.8) is 0 Å².